The van der Waals surface area contributed by atoms with Crippen molar-refractivity contribution in [3.8, 4) is 5.75 Å². The van der Waals surface area contributed by atoms with Gasteiger partial charge in [-0.3, -0.25) is 9.59 Å². The molecule has 24 heavy (non-hydrogen) atoms. The fraction of sp³-hybridized carbons (Fsp3) is 0.467. The van der Waals surface area contributed by atoms with Gasteiger partial charge in [-0.05, 0) is 24.6 Å². The average Bonchev–Trinajstić information content (AvgIpc) is 2.56. The van der Waals surface area contributed by atoms with Gasteiger partial charge in [0.2, 0.25) is 15.9 Å². The lowest BCUT2D eigenvalue weighted by Crippen LogP contribution is -2.26. The second-order valence-corrected chi connectivity index (χ2v) is 6.77. The zero-order chi connectivity index (χ0) is 18.2. The second-order valence-electron chi connectivity index (χ2n) is 5.00. The molecule has 0 saturated heterocycles. The van der Waals surface area contributed by atoms with Gasteiger partial charge in [-0.1, -0.05) is 6.92 Å². The summed E-state index contributed by atoms with van der Waals surface area (Å²) in [7, 11) is -2.30. The smallest absolute Gasteiger partial charge is 0.303 e. The Morgan fingerprint density at radius 3 is 2.58 bits per heavy atom. The minimum atomic E-state index is -3.76. The quantitative estimate of drug-likeness (QED) is 0.533. The summed E-state index contributed by atoms with van der Waals surface area (Å²) in [6, 6.07) is 4.33. The van der Waals surface area contributed by atoms with Gasteiger partial charge in [0.05, 0.1) is 12.0 Å². The molecule has 0 fully saturated rings. The van der Waals surface area contributed by atoms with Crippen LogP contribution in [0.2, 0.25) is 0 Å². The van der Waals surface area contributed by atoms with Crippen LogP contribution in [0.1, 0.15) is 31.7 Å². The monoisotopic (exact) mass is 358 g/mol. The van der Waals surface area contributed by atoms with Gasteiger partial charge in [0.25, 0.3) is 0 Å². The van der Waals surface area contributed by atoms with Crippen molar-refractivity contribution in [2.75, 3.05) is 13.7 Å². The third-order valence-corrected chi connectivity index (χ3v) is 4.68. The van der Waals surface area contributed by atoms with Crippen LogP contribution >= 0.6 is 0 Å². The van der Waals surface area contributed by atoms with Crippen molar-refractivity contribution in [3.63, 3.8) is 0 Å². The molecule has 1 rings (SSSR count). The van der Waals surface area contributed by atoms with Crippen LogP contribution in [0.15, 0.2) is 23.1 Å². The molecule has 0 saturated carbocycles. The van der Waals surface area contributed by atoms with Crippen molar-refractivity contribution < 1.29 is 27.9 Å². The SMILES string of the molecule is CCC(=O)NCc1cc(S(=O)(=O)NCCCC(=O)O)ccc1OC. The first-order valence-corrected chi connectivity index (χ1v) is 8.93. The Labute approximate surface area is 141 Å². The van der Waals surface area contributed by atoms with E-state index in [2.05, 4.69) is 10.0 Å². The number of sulfonamides is 1. The topological polar surface area (TPSA) is 122 Å². The van der Waals surface area contributed by atoms with Gasteiger partial charge in [-0.15, -0.1) is 0 Å². The van der Waals surface area contributed by atoms with Gasteiger partial charge in [-0.25, -0.2) is 13.1 Å². The maximum Gasteiger partial charge on any atom is 0.303 e. The molecule has 0 atom stereocenters. The highest BCUT2D eigenvalue weighted by Crippen LogP contribution is 2.22. The minimum Gasteiger partial charge on any atom is -0.496 e. The van der Waals surface area contributed by atoms with E-state index in [-0.39, 0.29) is 36.7 Å². The number of carbonyl (C=O) groups excluding carboxylic acids is 1. The number of nitrogens with one attached hydrogen (secondary N) is 2. The number of benzene rings is 1. The molecule has 0 spiro atoms. The van der Waals surface area contributed by atoms with Crippen molar-refractivity contribution in [2.24, 2.45) is 0 Å². The fourth-order valence-corrected chi connectivity index (χ4v) is 3.03. The third-order valence-electron chi connectivity index (χ3n) is 3.22. The molecular weight excluding hydrogens is 336 g/mol. The van der Waals surface area contributed by atoms with Gasteiger partial charge in [0.15, 0.2) is 0 Å². The predicted octanol–water partition coefficient (Wildman–Crippen LogP) is 0.865. The van der Waals surface area contributed by atoms with Crippen molar-refractivity contribution in [3.05, 3.63) is 23.8 Å². The lowest BCUT2D eigenvalue weighted by atomic mass is 10.2. The first-order chi connectivity index (χ1) is 11.3. The zero-order valence-electron chi connectivity index (χ0n) is 13.7. The fourth-order valence-electron chi connectivity index (χ4n) is 1.91. The van der Waals surface area contributed by atoms with Crippen LogP contribution in [0.25, 0.3) is 0 Å². The Hall–Kier alpha value is -2.13. The molecule has 0 radical (unpaired) electrons. The Morgan fingerprint density at radius 1 is 1.29 bits per heavy atom. The molecule has 0 aliphatic rings. The summed E-state index contributed by atoms with van der Waals surface area (Å²) < 4.78 is 32.0. The Morgan fingerprint density at radius 2 is 2.00 bits per heavy atom. The molecule has 1 amide bonds. The molecule has 0 heterocycles. The molecule has 0 aliphatic heterocycles. The average molecular weight is 358 g/mol. The van der Waals surface area contributed by atoms with Gasteiger partial charge in [0, 0.05) is 31.5 Å². The molecule has 1 aromatic rings. The van der Waals surface area contributed by atoms with Crippen molar-refractivity contribution in [1.82, 2.24) is 10.0 Å². The third kappa shape index (κ3) is 6.17. The van der Waals surface area contributed by atoms with Crippen LogP contribution in [-0.2, 0) is 26.2 Å². The molecule has 134 valence electrons. The molecule has 0 bridgehead atoms. The van der Waals surface area contributed by atoms with Crippen LogP contribution in [0, 0.1) is 0 Å². The summed E-state index contributed by atoms with van der Waals surface area (Å²) >= 11 is 0. The van der Waals surface area contributed by atoms with Crippen LogP contribution in [0.5, 0.6) is 5.75 Å². The molecule has 3 N–H and O–H groups in total. The van der Waals surface area contributed by atoms with E-state index < -0.39 is 16.0 Å². The number of carbonyl (C=O) groups is 2. The maximum absolute atomic E-state index is 12.2. The summed E-state index contributed by atoms with van der Waals surface area (Å²) in [4.78, 5) is 21.8. The molecule has 1 aromatic carbocycles. The van der Waals surface area contributed by atoms with Crippen LogP contribution < -0.4 is 14.8 Å². The van der Waals surface area contributed by atoms with E-state index in [0.717, 1.165) is 0 Å². The number of hydrogen-bond acceptors (Lipinski definition) is 5. The Bertz CT molecular complexity index is 687. The van der Waals surface area contributed by atoms with Crippen molar-refractivity contribution in [1.29, 1.82) is 0 Å². The van der Waals surface area contributed by atoms with Gasteiger partial charge >= 0.3 is 5.97 Å². The van der Waals surface area contributed by atoms with E-state index in [9.17, 15) is 18.0 Å². The lowest BCUT2D eigenvalue weighted by Gasteiger charge is -2.12. The molecule has 0 aliphatic carbocycles. The number of hydrogen-bond donors (Lipinski definition) is 3. The predicted molar refractivity (Wildman–Crippen MR) is 87.2 cm³/mol. The molecule has 9 heteroatoms. The largest absolute Gasteiger partial charge is 0.496 e. The number of ether oxygens (including phenoxy) is 1. The Balaban J connectivity index is 2.86. The lowest BCUT2D eigenvalue weighted by molar-refractivity contribution is -0.137. The summed E-state index contributed by atoms with van der Waals surface area (Å²) in [5.41, 5.74) is 0.535. The second kappa shape index (κ2) is 9.24. The number of amides is 1. The van der Waals surface area contributed by atoms with E-state index in [0.29, 0.717) is 17.7 Å². The minimum absolute atomic E-state index is 0.0272. The maximum atomic E-state index is 12.2. The van der Waals surface area contributed by atoms with Gasteiger partial charge in [0.1, 0.15) is 5.75 Å². The van der Waals surface area contributed by atoms with Crippen molar-refractivity contribution in [2.45, 2.75) is 37.6 Å². The summed E-state index contributed by atoms with van der Waals surface area (Å²) in [6.45, 7) is 1.90. The van der Waals surface area contributed by atoms with Crippen LogP contribution in [0.3, 0.4) is 0 Å². The standard InChI is InChI=1S/C15H22N2O6S/c1-3-14(18)16-10-11-9-12(6-7-13(11)23-2)24(21,22)17-8-4-5-15(19)20/h6-7,9,17H,3-5,8,10H2,1-2H3,(H,16,18)(H,19,20). The number of methoxy groups -OCH3 is 1. The Kier molecular flexibility index (Phi) is 7.66. The first-order valence-electron chi connectivity index (χ1n) is 7.45. The molecule has 0 aromatic heterocycles. The normalized spacial score (nSPS) is 11.1. The van der Waals surface area contributed by atoms with E-state index >= 15 is 0 Å². The number of carboxylic acid groups (broad SMARTS) is 1. The zero-order valence-corrected chi connectivity index (χ0v) is 14.5. The molecule has 8 nitrogen and oxygen atoms in total. The highest BCUT2D eigenvalue weighted by Gasteiger charge is 2.16. The van der Waals surface area contributed by atoms with Crippen LogP contribution in [0.4, 0.5) is 0 Å². The number of rotatable bonds is 10. The van der Waals surface area contributed by atoms with E-state index in [1.807, 2.05) is 0 Å². The van der Waals surface area contributed by atoms with E-state index in [4.69, 9.17) is 9.84 Å². The van der Waals surface area contributed by atoms with Gasteiger partial charge < -0.3 is 15.2 Å². The summed E-state index contributed by atoms with van der Waals surface area (Å²) in [5, 5.41) is 11.2. The first kappa shape index (κ1) is 19.9. The highest BCUT2D eigenvalue weighted by atomic mass is 32.2. The van der Waals surface area contributed by atoms with E-state index in [1.54, 1.807) is 6.92 Å². The van der Waals surface area contributed by atoms with Crippen LogP contribution in [-0.4, -0.2) is 39.1 Å². The van der Waals surface area contributed by atoms with Gasteiger partial charge in [-0.2, -0.15) is 0 Å². The van der Waals surface area contributed by atoms with Crippen molar-refractivity contribution >= 4 is 21.9 Å². The molecular formula is C15H22N2O6S. The number of aliphatic carboxylic acids is 1. The van der Waals surface area contributed by atoms with E-state index in [1.165, 1.54) is 25.3 Å². The summed E-state index contributed by atoms with van der Waals surface area (Å²) in [5.74, 6) is -0.666. The molecule has 0 unspecified atom stereocenters. The number of carboxylic acids is 1. The highest BCUT2D eigenvalue weighted by molar-refractivity contribution is 7.89. The summed E-state index contributed by atoms with van der Waals surface area (Å²) in [6.07, 6.45) is 0.412.